The fraction of sp³-hybridized carbons (Fsp3) is 0.321. The first-order chi connectivity index (χ1) is 16.9. The fourth-order valence-electron chi connectivity index (χ4n) is 5.03. The van der Waals surface area contributed by atoms with Gasteiger partial charge in [0.05, 0.1) is 23.8 Å². The lowest BCUT2D eigenvalue weighted by Gasteiger charge is -2.26. The molecule has 0 aliphatic carbocycles. The zero-order chi connectivity index (χ0) is 24.5. The average molecular weight is 488 g/mol. The molecule has 1 N–H and O–H groups in total. The molecule has 3 heterocycles. The van der Waals surface area contributed by atoms with Crippen molar-refractivity contribution in [2.75, 3.05) is 11.4 Å². The van der Waals surface area contributed by atoms with Crippen LogP contribution in [0.1, 0.15) is 63.9 Å². The van der Waals surface area contributed by atoms with Crippen molar-refractivity contribution in [2.45, 2.75) is 45.3 Å². The first-order valence-corrected chi connectivity index (χ1v) is 13.0. The highest BCUT2D eigenvalue weighted by Gasteiger charge is 2.41. The minimum Gasteiger partial charge on any atom is -0.344 e. The number of para-hydroxylation sites is 1. The second kappa shape index (κ2) is 9.66. The Morgan fingerprint density at radius 1 is 1.09 bits per heavy atom. The average Bonchev–Trinajstić information content (AvgIpc) is 3.56. The van der Waals surface area contributed by atoms with Gasteiger partial charge in [-0.05, 0) is 60.0 Å². The van der Waals surface area contributed by atoms with Gasteiger partial charge in [0.25, 0.3) is 11.8 Å². The van der Waals surface area contributed by atoms with E-state index >= 15 is 0 Å². The van der Waals surface area contributed by atoms with Crippen LogP contribution in [0.4, 0.5) is 5.69 Å². The van der Waals surface area contributed by atoms with Gasteiger partial charge in [0.2, 0.25) is 5.91 Å². The smallest absolute Gasteiger partial charge is 0.256 e. The highest BCUT2D eigenvalue weighted by Crippen LogP contribution is 2.33. The van der Waals surface area contributed by atoms with Gasteiger partial charge in [-0.1, -0.05) is 44.2 Å². The van der Waals surface area contributed by atoms with Crippen molar-refractivity contribution in [3.8, 4) is 0 Å². The van der Waals surface area contributed by atoms with E-state index in [-0.39, 0.29) is 29.7 Å². The van der Waals surface area contributed by atoms with Crippen molar-refractivity contribution in [3.63, 3.8) is 0 Å². The predicted octanol–water partition coefficient (Wildman–Crippen LogP) is 5.03. The van der Waals surface area contributed by atoms with Crippen LogP contribution in [0.5, 0.6) is 0 Å². The SMILES string of the molecule is CC(C)[C@@H](NC(=O)c1cccc(CN2C(=O)[C@H]3CCCN3C(=O)c3ccccc32)c1)c1cccs1. The number of carbonyl (C=O) groups is 3. The van der Waals surface area contributed by atoms with Gasteiger partial charge in [0, 0.05) is 17.0 Å². The first kappa shape index (κ1) is 23.3. The van der Waals surface area contributed by atoms with Gasteiger partial charge in [-0.15, -0.1) is 11.3 Å². The van der Waals surface area contributed by atoms with E-state index in [1.165, 1.54) is 0 Å². The lowest BCUT2D eigenvalue weighted by Crippen LogP contribution is -2.44. The Hall–Kier alpha value is -3.45. The Morgan fingerprint density at radius 2 is 1.91 bits per heavy atom. The summed E-state index contributed by atoms with van der Waals surface area (Å²) >= 11 is 1.64. The highest BCUT2D eigenvalue weighted by atomic mass is 32.1. The van der Waals surface area contributed by atoms with E-state index in [1.54, 1.807) is 33.3 Å². The molecular weight excluding hydrogens is 458 g/mol. The van der Waals surface area contributed by atoms with Gasteiger partial charge in [0.1, 0.15) is 6.04 Å². The van der Waals surface area contributed by atoms with Gasteiger partial charge in [-0.25, -0.2) is 0 Å². The maximum atomic E-state index is 13.6. The van der Waals surface area contributed by atoms with Crippen LogP contribution >= 0.6 is 11.3 Å². The molecule has 2 aliphatic heterocycles. The van der Waals surface area contributed by atoms with Crippen molar-refractivity contribution in [1.29, 1.82) is 0 Å². The van der Waals surface area contributed by atoms with Crippen LogP contribution in [0.3, 0.4) is 0 Å². The summed E-state index contributed by atoms with van der Waals surface area (Å²) in [6, 6.07) is 18.3. The molecule has 3 amide bonds. The summed E-state index contributed by atoms with van der Waals surface area (Å²) in [7, 11) is 0. The molecule has 6 nitrogen and oxygen atoms in total. The van der Waals surface area contributed by atoms with Crippen LogP contribution in [-0.2, 0) is 11.3 Å². The topological polar surface area (TPSA) is 69.7 Å². The minimum atomic E-state index is -0.432. The molecule has 2 atom stereocenters. The third-order valence-electron chi connectivity index (χ3n) is 6.82. The Bertz CT molecular complexity index is 1250. The minimum absolute atomic E-state index is 0.0618. The molecule has 180 valence electrons. The molecule has 2 aliphatic rings. The molecule has 3 aromatic rings. The molecule has 0 saturated carbocycles. The predicted molar refractivity (Wildman–Crippen MR) is 137 cm³/mol. The number of carbonyl (C=O) groups excluding carboxylic acids is 3. The molecule has 1 saturated heterocycles. The van der Waals surface area contributed by atoms with Crippen LogP contribution < -0.4 is 10.2 Å². The van der Waals surface area contributed by atoms with Crippen LogP contribution in [0.15, 0.2) is 66.0 Å². The van der Waals surface area contributed by atoms with Crippen LogP contribution in [-0.4, -0.2) is 35.2 Å². The molecule has 7 heteroatoms. The number of thiophene rings is 1. The lowest BCUT2D eigenvalue weighted by molar-refractivity contribution is -0.122. The number of nitrogens with one attached hydrogen (secondary N) is 1. The van der Waals surface area contributed by atoms with Crippen molar-refractivity contribution < 1.29 is 14.4 Å². The second-order valence-corrected chi connectivity index (χ2v) is 10.5. The van der Waals surface area contributed by atoms with E-state index in [4.69, 9.17) is 0 Å². The Kier molecular flexibility index (Phi) is 6.43. The third-order valence-corrected chi connectivity index (χ3v) is 7.78. The van der Waals surface area contributed by atoms with Crippen LogP contribution in [0.2, 0.25) is 0 Å². The zero-order valence-electron chi connectivity index (χ0n) is 19.9. The van der Waals surface area contributed by atoms with E-state index in [9.17, 15) is 14.4 Å². The maximum absolute atomic E-state index is 13.6. The Labute approximate surface area is 209 Å². The van der Waals surface area contributed by atoms with Gasteiger partial charge < -0.3 is 15.1 Å². The quantitative estimate of drug-likeness (QED) is 0.530. The number of hydrogen-bond acceptors (Lipinski definition) is 4. The monoisotopic (exact) mass is 487 g/mol. The van der Waals surface area contributed by atoms with Crippen molar-refractivity contribution in [2.24, 2.45) is 5.92 Å². The molecular formula is C28H29N3O3S. The Morgan fingerprint density at radius 3 is 2.69 bits per heavy atom. The molecule has 0 unspecified atom stereocenters. The number of anilines is 1. The standard InChI is InChI=1S/C28H29N3O3S/c1-18(2)25(24-13-7-15-35-24)29-26(32)20-9-5-8-19(16-20)17-31-22-11-4-3-10-21(22)27(33)30-14-6-12-23(30)28(31)34/h3-5,7-11,13,15-16,18,23,25H,6,12,14,17H2,1-2H3,(H,29,32)/t23-,25-/m1/s1. The molecule has 1 aromatic heterocycles. The summed E-state index contributed by atoms with van der Waals surface area (Å²) < 4.78 is 0. The summed E-state index contributed by atoms with van der Waals surface area (Å²) in [5.74, 6) is -0.0359. The van der Waals surface area contributed by atoms with Crippen molar-refractivity contribution in [1.82, 2.24) is 10.2 Å². The first-order valence-electron chi connectivity index (χ1n) is 12.1. The normalized spacial score (nSPS) is 18.3. The van der Waals surface area contributed by atoms with E-state index < -0.39 is 6.04 Å². The molecule has 2 aromatic carbocycles. The number of fused-ring (bicyclic) bond motifs is 2. The summed E-state index contributed by atoms with van der Waals surface area (Å²) in [6.45, 7) is 5.09. The summed E-state index contributed by atoms with van der Waals surface area (Å²) in [5.41, 5.74) is 2.58. The van der Waals surface area contributed by atoms with E-state index in [1.807, 2.05) is 53.9 Å². The molecule has 0 bridgehead atoms. The number of amides is 3. The zero-order valence-corrected chi connectivity index (χ0v) is 20.8. The summed E-state index contributed by atoms with van der Waals surface area (Å²) in [4.78, 5) is 44.4. The van der Waals surface area contributed by atoms with Gasteiger partial charge in [-0.3, -0.25) is 14.4 Å². The van der Waals surface area contributed by atoms with Crippen LogP contribution in [0.25, 0.3) is 0 Å². The molecule has 1 fully saturated rings. The van der Waals surface area contributed by atoms with E-state index in [2.05, 4.69) is 19.2 Å². The second-order valence-electron chi connectivity index (χ2n) is 9.51. The number of rotatable bonds is 6. The number of benzene rings is 2. The van der Waals surface area contributed by atoms with Crippen LogP contribution in [0, 0.1) is 5.92 Å². The molecule has 35 heavy (non-hydrogen) atoms. The lowest BCUT2D eigenvalue weighted by atomic mass is 10.0. The summed E-state index contributed by atoms with van der Waals surface area (Å²) in [5, 5.41) is 5.19. The molecule has 0 spiro atoms. The number of hydrogen-bond donors (Lipinski definition) is 1. The van der Waals surface area contributed by atoms with E-state index in [0.29, 0.717) is 36.3 Å². The van der Waals surface area contributed by atoms with Crippen molar-refractivity contribution in [3.05, 3.63) is 87.6 Å². The molecule has 5 rings (SSSR count). The molecule has 0 radical (unpaired) electrons. The largest absolute Gasteiger partial charge is 0.344 e. The fourth-order valence-corrected chi connectivity index (χ4v) is 5.97. The Balaban J connectivity index is 1.42. The number of nitrogens with zero attached hydrogens (tertiary/aromatic N) is 2. The maximum Gasteiger partial charge on any atom is 0.256 e. The van der Waals surface area contributed by atoms with Crippen molar-refractivity contribution >= 4 is 34.7 Å². The van der Waals surface area contributed by atoms with Gasteiger partial charge in [-0.2, -0.15) is 0 Å². The van der Waals surface area contributed by atoms with Gasteiger partial charge in [0.15, 0.2) is 0 Å². The van der Waals surface area contributed by atoms with E-state index in [0.717, 1.165) is 16.9 Å². The highest BCUT2D eigenvalue weighted by molar-refractivity contribution is 7.10. The van der Waals surface area contributed by atoms with Gasteiger partial charge >= 0.3 is 0 Å². The summed E-state index contributed by atoms with van der Waals surface area (Å²) in [6.07, 6.45) is 1.51. The third kappa shape index (κ3) is 4.48.